The van der Waals surface area contributed by atoms with Gasteiger partial charge in [0.05, 0.1) is 10.6 Å². The number of oxazole rings is 1. The molecule has 1 aromatic carbocycles. The summed E-state index contributed by atoms with van der Waals surface area (Å²) in [6.07, 6.45) is 8.46. The first kappa shape index (κ1) is 18.1. The number of aromatic nitrogens is 1. The summed E-state index contributed by atoms with van der Waals surface area (Å²) in [7, 11) is 0. The molecule has 0 bridgehead atoms. The fourth-order valence-electron chi connectivity index (χ4n) is 4.28. The lowest BCUT2D eigenvalue weighted by Crippen LogP contribution is -2.50. The number of rotatable bonds is 5. The van der Waals surface area contributed by atoms with Gasteiger partial charge in [0.1, 0.15) is 11.8 Å². The van der Waals surface area contributed by atoms with E-state index < -0.39 is 4.92 Å². The number of nitrogens with zero attached hydrogens (tertiary/aromatic N) is 4. The molecular weight excluding hydrogens is 344 g/mol. The molecule has 4 rings (SSSR count). The summed E-state index contributed by atoms with van der Waals surface area (Å²) < 4.78 is 5.55. The van der Waals surface area contributed by atoms with E-state index >= 15 is 0 Å². The number of para-hydroxylation sites is 1. The molecule has 1 aromatic heterocycles. The van der Waals surface area contributed by atoms with E-state index in [1.165, 1.54) is 38.2 Å². The topological polar surface area (TPSA) is 75.7 Å². The third kappa shape index (κ3) is 4.20. The molecule has 2 fully saturated rings. The highest BCUT2D eigenvalue weighted by Gasteiger charge is 2.26. The van der Waals surface area contributed by atoms with Crippen LogP contribution in [-0.2, 0) is 6.54 Å². The highest BCUT2D eigenvalue weighted by Crippen LogP contribution is 2.29. The van der Waals surface area contributed by atoms with Crippen LogP contribution in [0.25, 0.3) is 11.5 Å². The van der Waals surface area contributed by atoms with Gasteiger partial charge in [0.25, 0.3) is 5.69 Å². The van der Waals surface area contributed by atoms with Crippen LogP contribution < -0.4 is 0 Å². The molecule has 2 aliphatic rings. The van der Waals surface area contributed by atoms with Crippen LogP contribution in [0, 0.1) is 10.1 Å². The average molecular weight is 370 g/mol. The van der Waals surface area contributed by atoms with Gasteiger partial charge >= 0.3 is 0 Å². The van der Waals surface area contributed by atoms with Crippen molar-refractivity contribution in [3.05, 3.63) is 46.3 Å². The molecule has 0 unspecified atom stereocenters. The van der Waals surface area contributed by atoms with Crippen LogP contribution in [0.15, 0.2) is 34.9 Å². The summed E-state index contributed by atoms with van der Waals surface area (Å²) in [5.74, 6) is 0.318. The van der Waals surface area contributed by atoms with E-state index in [1.54, 1.807) is 24.5 Å². The van der Waals surface area contributed by atoms with Crippen LogP contribution in [-0.4, -0.2) is 51.9 Å². The molecule has 1 saturated carbocycles. The second-order valence-electron chi connectivity index (χ2n) is 7.52. The standard InChI is InChI=1S/C20H26N4O3/c25-24(26)19-9-5-4-8-18(19)20-21-16(15-27-20)14-22-10-12-23(13-11-22)17-6-2-1-3-7-17/h4-5,8-9,15,17H,1-3,6-7,10-14H2. The number of benzene rings is 1. The SMILES string of the molecule is O=[N+]([O-])c1ccccc1-c1nc(CN2CCN(C3CCCCC3)CC2)co1. The molecule has 2 heterocycles. The number of nitro benzene ring substituents is 1. The molecule has 0 atom stereocenters. The number of hydrogen-bond donors (Lipinski definition) is 0. The Morgan fingerprint density at radius 2 is 1.85 bits per heavy atom. The monoisotopic (exact) mass is 370 g/mol. The van der Waals surface area contributed by atoms with E-state index in [2.05, 4.69) is 14.8 Å². The van der Waals surface area contributed by atoms with E-state index in [0.717, 1.165) is 44.5 Å². The summed E-state index contributed by atoms with van der Waals surface area (Å²) in [5, 5.41) is 11.2. The Balaban J connectivity index is 1.36. The van der Waals surface area contributed by atoms with Crippen molar-refractivity contribution in [2.75, 3.05) is 26.2 Å². The zero-order valence-electron chi connectivity index (χ0n) is 15.5. The van der Waals surface area contributed by atoms with Crippen molar-refractivity contribution in [2.24, 2.45) is 0 Å². The van der Waals surface area contributed by atoms with Crippen molar-refractivity contribution >= 4 is 5.69 Å². The maximum atomic E-state index is 11.2. The molecule has 144 valence electrons. The lowest BCUT2D eigenvalue weighted by Gasteiger charge is -2.40. The summed E-state index contributed by atoms with van der Waals surface area (Å²) in [4.78, 5) is 20.3. The van der Waals surface area contributed by atoms with E-state index in [1.807, 2.05) is 0 Å². The Morgan fingerprint density at radius 1 is 1.11 bits per heavy atom. The Hall–Kier alpha value is -2.25. The molecule has 0 amide bonds. The molecule has 1 saturated heterocycles. The molecule has 1 aliphatic carbocycles. The van der Waals surface area contributed by atoms with Crippen LogP contribution in [0.5, 0.6) is 0 Å². The molecule has 0 spiro atoms. The van der Waals surface area contributed by atoms with E-state index in [-0.39, 0.29) is 5.69 Å². The molecule has 27 heavy (non-hydrogen) atoms. The van der Waals surface area contributed by atoms with Crippen molar-refractivity contribution in [1.29, 1.82) is 0 Å². The van der Waals surface area contributed by atoms with E-state index in [4.69, 9.17) is 4.42 Å². The van der Waals surface area contributed by atoms with Gasteiger partial charge in [-0.25, -0.2) is 4.98 Å². The third-order valence-corrected chi connectivity index (χ3v) is 5.77. The van der Waals surface area contributed by atoms with Gasteiger partial charge in [0, 0.05) is 44.8 Å². The van der Waals surface area contributed by atoms with Gasteiger partial charge < -0.3 is 4.42 Å². The summed E-state index contributed by atoms with van der Waals surface area (Å²) in [6.45, 7) is 5.01. The van der Waals surface area contributed by atoms with Gasteiger partial charge in [0.15, 0.2) is 0 Å². The lowest BCUT2D eigenvalue weighted by atomic mass is 9.94. The number of hydrogen-bond acceptors (Lipinski definition) is 6. The van der Waals surface area contributed by atoms with Crippen molar-refractivity contribution in [1.82, 2.24) is 14.8 Å². The van der Waals surface area contributed by atoms with Crippen LogP contribution in [0.4, 0.5) is 5.69 Å². The predicted octanol–water partition coefficient (Wildman–Crippen LogP) is 3.70. The minimum Gasteiger partial charge on any atom is -0.444 e. The zero-order chi connectivity index (χ0) is 18.6. The van der Waals surface area contributed by atoms with Crippen LogP contribution in [0.3, 0.4) is 0 Å². The highest BCUT2D eigenvalue weighted by atomic mass is 16.6. The van der Waals surface area contributed by atoms with Crippen molar-refractivity contribution in [3.8, 4) is 11.5 Å². The van der Waals surface area contributed by atoms with Gasteiger partial charge in [-0.05, 0) is 18.9 Å². The third-order valence-electron chi connectivity index (χ3n) is 5.77. The van der Waals surface area contributed by atoms with Crippen molar-refractivity contribution < 1.29 is 9.34 Å². The molecule has 7 heteroatoms. The molecule has 0 radical (unpaired) electrons. The largest absolute Gasteiger partial charge is 0.444 e. The summed E-state index contributed by atoms with van der Waals surface area (Å²) >= 11 is 0. The van der Waals surface area contributed by atoms with E-state index in [0.29, 0.717) is 11.5 Å². The first-order chi connectivity index (χ1) is 13.2. The smallest absolute Gasteiger partial charge is 0.282 e. The van der Waals surface area contributed by atoms with Crippen LogP contribution >= 0.6 is 0 Å². The Kier molecular flexibility index (Phi) is 5.50. The summed E-state index contributed by atoms with van der Waals surface area (Å²) in [5.41, 5.74) is 1.28. The number of nitro groups is 1. The highest BCUT2D eigenvalue weighted by molar-refractivity contribution is 5.66. The van der Waals surface area contributed by atoms with Crippen molar-refractivity contribution in [3.63, 3.8) is 0 Å². The number of piperazine rings is 1. The quantitative estimate of drug-likeness (QED) is 0.590. The fraction of sp³-hybridized carbons (Fsp3) is 0.550. The molecule has 2 aromatic rings. The van der Waals surface area contributed by atoms with Crippen LogP contribution in [0.2, 0.25) is 0 Å². The predicted molar refractivity (Wildman–Crippen MR) is 102 cm³/mol. The van der Waals surface area contributed by atoms with Crippen molar-refractivity contribution in [2.45, 2.75) is 44.7 Å². The minimum atomic E-state index is -0.399. The van der Waals surface area contributed by atoms with E-state index in [9.17, 15) is 10.1 Å². The molecule has 7 nitrogen and oxygen atoms in total. The molecule has 0 N–H and O–H groups in total. The lowest BCUT2D eigenvalue weighted by molar-refractivity contribution is -0.384. The Bertz CT molecular complexity index is 777. The minimum absolute atomic E-state index is 0.0204. The van der Waals surface area contributed by atoms with Gasteiger partial charge in [0.2, 0.25) is 5.89 Å². The second kappa shape index (κ2) is 8.19. The normalized spacial score (nSPS) is 20.0. The van der Waals surface area contributed by atoms with Gasteiger partial charge in [-0.2, -0.15) is 0 Å². The first-order valence-corrected chi connectivity index (χ1v) is 9.85. The second-order valence-corrected chi connectivity index (χ2v) is 7.52. The molecular formula is C20H26N4O3. The summed E-state index contributed by atoms with van der Waals surface area (Å²) in [6, 6.07) is 7.34. The Morgan fingerprint density at radius 3 is 2.59 bits per heavy atom. The van der Waals surface area contributed by atoms with Gasteiger partial charge in [-0.3, -0.25) is 19.9 Å². The van der Waals surface area contributed by atoms with Gasteiger partial charge in [-0.15, -0.1) is 0 Å². The maximum absolute atomic E-state index is 11.2. The maximum Gasteiger partial charge on any atom is 0.282 e. The first-order valence-electron chi connectivity index (χ1n) is 9.85. The molecule has 1 aliphatic heterocycles. The van der Waals surface area contributed by atoms with Crippen LogP contribution in [0.1, 0.15) is 37.8 Å². The Labute approximate surface area is 159 Å². The zero-order valence-corrected chi connectivity index (χ0v) is 15.5. The average Bonchev–Trinajstić information content (AvgIpc) is 3.17. The van der Waals surface area contributed by atoms with Gasteiger partial charge in [-0.1, -0.05) is 31.4 Å². The fourth-order valence-corrected chi connectivity index (χ4v) is 4.28.